The maximum absolute atomic E-state index is 12.3. The van der Waals surface area contributed by atoms with Crippen molar-refractivity contribution in [3.63, 3.8) is 0 Å². The van der Waals surface area contributed by atoms with E-state index < -0.39 is 10.8 Å². The highest BCUT2D eigenvalue weighted by atomic mass is 35.5. The molecule has 6 heteroatoms. The molecule has 0 bridgehead atoms. The van der Waals surface area contributed by atoms with Gasteiger partial charge in [0, 0.05) is 17.6 Å². The van der Waals surface area contributed by atoms with Crippen molar-refractivity contribution in [3.8, 4) is 0 Å². The summed E-state index contributed by atoms with van der Waals surface area (Å²) < 4.78 is 0. The molecule has 0 saturated carbocycles. The predicted octanol–water partition coefficient (Wildman–Crippen LogP) is 4.37. The summed E-state index contributed by atoms with van der Waals surface area (Å²) in [5.41, 5.74) is 0.795. The maximum atomic E-state index is 12.3. The van der Waals surface area contributed by atoms with Crippen LogP contribution in [0, 0.1) is 10.1 Å². The van der Waals surface area contributed by atoms with Crippen LogP contribution in [0.15, 0.2) is 60.7 Å². The second-order valence-electron chi connectivity index (χ2n) is 5.61. The van der Waals surface area contributed by atoms with Crippen LogP contribution in [-0.4, -0.2) is 17.4 Å². The van der Waals surface area contributed by atoms with Crippen molar-refractivity contribution >= 4 is 34.0 Å². The molecule has 0 fully saturated rings. The molecule has 3 aromatic rings. The topological polar surface area (TPSA) is 72.2 Å². The molecule has 3 aromatic carbocycles. The fourth-order valence-corrected chi connectivity index (χ4v) is 2.83. The molecular formula is C19H15ClN2O3. The highest BCUT2D eigenvalue weighted by Gasteiger charge is 2.20. The smallest absolute Gasteiger partial charge is 0.282 e. The van der Waals surface area contributed by atoms with E-state index in [-0.39, 0.29) is 16.3 Å². The number of amides is 1. The third-order valence-corrected chi connectivity index (χ3v) is 4.15. The molecule has 0 radical (unpaired) electrons. The molecule has 0 aliphatic rings. The minimum absolute atomic E-state index is 0.0315. The standard InChI is InChI=1S/C19H15ClN2O3/c20-16-7-8-18(22(24)25)17(12-16)19(23)21-10-9-13-5-6-14-3-1-2-4-15(14)11-13/h1-8,11-12H,9-10H2,(H,21,23). The summed E-state index contributed by atoms with van der Waals surface area (Å²) >= 11 is 5.85. The molecular weight excluding hydrogens is 340 g/mol. The van der Waals surface area contributed by atoms with E-state index in [1.54, 1.807) is 0 Å². The molecule has 0 saturated heterocycles. The first-order chi connectivity index (χ1) is 12.0. The lowest BCUT2D eigenvalue weighted by Gasteiger charge is -2.07. The molecule has 0 aliphatic heterocycles. The molecule has 0 spiro atoms. The normalized spacial score (nSPS) is 10.6. The van der Waals surface area contributed by atoms with Crippen molar-refractivity contribution in [1.82, 2.24) is 5.32 Å². The third kappa shape index (κ3) is 3.95. The van der Waals surface area contributed by atoms with E-state index in [0.29, 0.717) is 13.0 Å². The van der Waals surface area contributed by atoms with Gasteiger partial charge in [0.05, 0.1) is 4.92 Å². The van der Waals surface area contributed by atoms with Crippen LogP contribution in [-0.2, 0) is 6.42 Å². The van der Waals surface area contributed by atoms with E-state index in [9.17, 15) is 14.9 Å². The number of benzene rings is 3. The Kier molecular flexibility index (Phi) is 4.95. The summed E-state index contributed by atoms with van der Waals surface area (Å²) in [6.45, 7) is 0.376. The van der Waals surface area contributed by atoms with Crippen molar-refractivity contribution in [2.75, 3.05) is 6.54 Å². The molecule has 126 valence electrons. The lowest BCUT2D eigenvalue weighted by Crippen LogP contribution is -2.26. The molecule has 0 heterocycles. The van der Waals surface area contributed by atoms with Gasteiger partial charge >= 0.3 is 0 Å². The van der Waals surface area contributed by atoms with Gasteiger partial charge in [-0.2, -0.15) is 0 Å². The monoisotopic (exact) mass is 354 g/mol. The van der Waals surface area contributed by atoms with E-state index in [2.05, 4.69) is 11.4 Å². The molecule has 25 heavy (non-hydrogen) atoms. The number of halogens is 1. The number of nitro benzene ring substituents is 1. The van der Waals surface area contributed by atoms with Crippen LogP contribution in [0.4, 0.5) is 5.69 Å². The Balaban J connectivity index is 1.68. The van der Waals surface area contributed by atoms with Gasteiger partial charge in [0.15, 0.2) is 0 Å². The second kappa shape index (κ2) is 7.32. The molecule has 0 atom stereocenters. The average Bonchev–Trinajstić information content (AvgIpc) is 2.61. The molecule has 3 rings (SSSR count). The Morgan fingerprint density at radius 1 is 1.04 bits per heavy atom. The number of nitrogens with one attached hydrogen (secondary N) is 1. The van der Waals surface area contributed by atoms with Gasteiger partial charge in [-0.3, -0.25) is 14.9 Å². The molecule has 0 aliphatic carbocycles. The summed E-state index contributed by atoms with van der Waals surface area (Å²) in [4.78, 5) is 22.7. The summed E-state index contributed by atoms with van der Waals surface area (Å²) in [7, 11) is 0. The lowest BCUT2D eigenvalue weighted by molar-refractivity contribution is -0.385. The number of hydrogen-bond donors (Lipinski definition) is 1. The maximum Gasteiger partial charge on any atom is 0.282 e. The Morgan fingerprint density at radius 3 is 2.56 bits per heavy atom. The number of nitrogens with zero attached hydrogens (tertiary/aromatic N) is 1. The SMILES string of the molecule is O=C(NCCc1ccc2ccccc2c1)c1cc(Cl)ccc1[N+](=O)[O-]. The van der Waals surface area contributed by atoms with E-state index in [1.165, 1.54) is 18.2 Å². The number of carbonyl (C=O) groups is 1. The van der Waals surface area contributed by atoms with Crippen LogP contribution < -0.4 is 5.32 Å². The lowest BCUT2D eigenvalue weighted by atomic mass is 10.1. The first-order valence-corrected chi connectivity index (χ1v) is 8.12. The first kappa shape index (κ1) is 16.9. The van der Waals surface area contributed by atoms with Crippen LogP contribution in [0.25, 0.3) is 10.8 Å². The minimum atomic E-state index is -0.589. The summed E-state index contributed by atoms with van der Waals surface area (Å²) in [5, 5.41) is 16.3. The van der Waals surface area contributed by atoms with Gasteiger partial charge in [-0.25, -0.2) is 0 Å². The van der Waals surface area contributed by atoms with Gasteiger partial charge < -0.3 is 5.32 Å². The van der Waals surface area contributed by atoms with Crippen LogP contribution in [0.5, 0.6) is 0 Å². The zero-order valence-electron chi connectivity index (χ0n) is 13.2. The zero-order chi connectivity index (χ0) is 17.8. The van der Waals surface area contributed by atoms with E-state index in [1.807, 2.05) is 36.4 Å². The van der Waals surface area contributed by atoms with E-state index in [4.69, 9.17) is 11.6 Å². The molecule has 0 aromatic heterocycles. The fourth-order valence-electron chi connectivity index (χ4n) is 2.66. The highest BCUT2D eigenvalue weighted by Crippen LogP contribution is 2.22. The van der Waals surface area contributed by atoms with Crippen LogP contribution >= 0.6 is 11.6 Å². The Morgan fingerprint density at radius 2 is 1.80 bits per heavy atom. The number of nitro groups is 1. The van der Waals surface area contributed by atoms with Gasteiger partial charge in [0.1, 0.15) is 5.56 Å². The molecule has 0 unspecified atom stereocenters. The number of carbonyl (C=O) groups excluding carboxylic acids is 1. The van der Waals surface area contributed by atoms with Gasteiger partial charge in [0.25, 0.3) is 11.6 Å². The Bertz CT molecular complexity index is 956. The van der Waals surface area contributed by atoms with Crippen molar-refractivity contribution in [1.29, 1.82) is 0 Å². The quantitative estimate of drug-likeness (QED) is 0.546. The van der Waals surface area contributed by atoms with Crippen LogP contribution in [0.1, 0.15) is 15.9 Å². The largest absolute Gasteiger partial charge is 0.351 e. The van der Waals surface area contributed by atoms with Crippen LogP contribution in [0.3, 0.4) is 0 Å². The summed E-state index contributed by atoms with van der Waals surface area (Å²) in [6, 6.07) is 18.1. The van der Waals surface area contributed by atoms with E-state index in [0.717, 1.165) is 16.3 Å². The zero-order valence-corrected chi connectivity index (χ0v) is 14.0. The van der Waals surface area contributed by atoms with Crippen molar-refractivity contribution in [2.24, 2.45) is 0 Å². The molecule has 1 N–H and O–H groups in total. The average molecular weight is 355 g/mol. The van der Waals surface area contributed by atoms with Crippen molar-refractivity contribution in [2.45, 2.75) is 6.42 Å². The Hall–Kier alpha value is -2.92. The highest BCUT2D eigenvalue weighted by molar-refractivity contribution is 6.31. The van der Waals surface area contributed by atoms with Gasteiger partial charge in [0.2, 0.25) is 0 Å². The van der Waals surface area contributed by atoms with Gasteiger partial charge in [-0.15, -0.1) is 0 Å². The minimum Gasteiger partial charge on any atom is -0.351 e. The summed E-state index contributed by atoms with van der Waals surface area (Å²) in [6.07, 6.45) is 0.630. The van der Waals surface area contributed by atoms with Crippen molar-refractivity contribution < 1.29 is 9.72 Å². The molecule has 1 amide bonds. The number of fused-ring (bicyclic) bond motifs is 1. The van der Waals surface area contributed by atoms with E-state index >= 15 is 0 Å². The molecule has 5 nitrogen and oxygen atoms in total. The second-order valence-corrected chi connectivity index (χ2v) is 6.04. The Labute approximate surface area is 149 Å². The van der Waals surface area contributed by atoms with Crippen LogP contribution in [0.2, 0.25) is 5.02 Å². The van der Waals surface area contributed by atoms with Crippen molar-refractivity contribution in [3.05, 3.63) is 86.9 Å². The summed E-state index contributed by atoms with van der Waals surface area (Å²) in [5.74, 6) is -0.505. The number of hydrogen-bond acceptors (Lipinski definition) is 3. The first-order valence-electron chi connectivity index (χ1n) is 7.74. The number of rotatable bonds is 5. The van der Waals surface area contributed by atoms with Gasteiger partial charge in [-0.05, 0) is 34.9 Å². The fraction of sp³-hybridized carbons (Fsp3) is 0.105. The predicted molar refractivity (Wildman–Crippen MR) is 98.1 cm³/mol. The van der Waals surface area contributed by atoms with Gasteiger partial charge in [-0.1, -0.05) is 54.1 Å². The third-order valence-electron chi connectivity index (χ3n) is 3.91.